The average Bonchev–Trinajstić information content (AvgIpc) is 2.75. The van der Waals surface area contributed by atoms with Crippen LogP contribution in [0.3, 0.4) is 0 Å². The number of methoxy groups -OCH3 is 1. The van der Waals surface area contributed by atoms with Gasteiger partial charge in [-0.3, -0.25) is 4.79 Å². The molecule has 1 aromatic rings. The molecule has 140 valence electrons. The number of ketones is 1. The number of nitrogens with one attached hydrogen (secondary N) is 1. The van der Waals surface area contributed by atoms with Gasteiger partial charge in [0.15, 0.2) is 5.78 Å². The van der Waals surface area contributed by atoms with Crippen LogP contribution in [0, 0.1) is 13.8 Å². The number of aromatic nitrogens is 1. The van der Waals surface area contributed by atoms with E-state index in [9.17, 15) is 14.4 Å². The normalized spacial score (nSPS) is 12.0. The third kappa shape index (κ3) is 4.03. The van der Waals surface area contributed by atoms with Crippen molar-refractivity contribution in [2.75, 3.05) is 13.7 Å². The first-order valence-electron chi connectivity index (χ1n) is 8.43. The minimum Gasteiger partial charge on any atom is -0.464 e. The lowest BCUT2D eigenvalue weighted by atomic mass is 10.00. The van der Waals surface area contributed by atoms with Gasteiger partial charge in [-0.25, -0.2) is 9.59 Å². The van der Waals surface area contributed by atoms with Crippen LogP contribution in [0.1, 0.15) is 59.8 Å². The largest absolute Gasteiger partial charge is 0.464 e. The summed E-state index contributed by atoms with van der Waals surface area (Å²) in [5, 5.41) is 2.81. The van der Waals surface area contributed by atoms with Crippen LogP contribution in [-0.2, 0) is 11.8 Å². The molecule has 7 heteroatoms. The molecule has 1 rings (SSSR count). The number of urea groups is 1. The number of hydrogen-bond acceptors (Lipinski definition) is 4. The van der Waals surface area contributed by atoms with Gasteiger partial charge in [0.2, 0.25) is 0 Å². The van der Waals surface area contributed by atoms with Crippen molar-refractivity contribution in [3.63, 3.8) is 0 Å². The summed E-state index contributed by atoms with van der Waals surface area (Å²) in [7, 11) is 3.03. The van der Waals surface area contributed by atoms with Crippen molar-refractivity contribution in [1.82, 2.24) is 14.8 Å². The Morgan fingerprint density at radius 1 is 1.20 bits per heavy atom. The molecule has 0 aliphatic rings. The van der Waals surface area contributed by atoms with E-state index in [1.165, 1.54) is 12.0 Å². The summed E-state index contributed by atoms with van der Waals surface area (Å²) in [5.41, 5.74) is 2.07. The van der Waals surface area contributed by atoms with Crippen LogP contribution in [0.4, 0.5) is 4.79 Å². The van der Waals surface area contributed by atoms with Gasteiger partial charge in [-0.15, -0.1) is 0 Å². The summed E-state index contributed by atoms with van der Waals surface area (Å²) >= 11 is 0. The quantitative estimate of drug-likeness (QED) is 0.630. The summed E-state index contributed by atoms with van der Waals surface area (Å²) in [4.78, 5) is 38.9. The monoisotopic (exact) mass is 351 g/mol. The van der Waals surface area contributed by atoms with Gasteiger partial charge in [-0.05, 0) is 47.1 Å². The highest BCUT2D eigenvalue weighted by Crippen LogP contribution is 2.24. The number of carbonyl (C=O) groups is 3. The molecule has 25 heavy (non-hydrogen) atoms. The third-order valence-electron chi connectivity index (χ3n) is 4.42. The molecule has 1 aromatic heterocycles. The molecule has 0 aliphatic heterocycles. The lowest BCUT2D eigenvalue weighted by molar-refractivity contribution is 0.0588. The molecule has 0 spiro atoms. The molecule has 1 heterocycles. The van der Waals surface area contributed by atoms with E-state index in [4.69, 9.17) is 4.74 Å². The molecular formula is C18H29N3O4. The first-order chi connectivity index (χ1) is 11.6. The maximum atomic E-state index is 13.1. The van der Waals surface area contributed by atoms with E-state index in [1.807, 2.05) is 20.8 Å². The van der Waals surface area contributed by atoms with Crippen molar-refractivity contribution >= 4 is 17.8 Å². The molecule has 1 atom stereocenters. The topological polar surface area (TPSA) is 80.6 Å². The molecule has 0 saturated heterocycles. The van der Waals surface area contributed by atoms with E-state index < -0.39 is 12.0 Å². The number of likely N-dealkylation sites (N-methyl/N-ethyl adjacent to an activating group) is 1. The van der Waals surface area contributed by atoms with Crippen LogP contribution in [0.5, 0.6) is 0 Å². The minimum atomic E-state index is -0.644. The number of rotatable bonds is 6. The highest BCUT2D eigenvalue weighted by molar-refractivity contribution is 6.06. The first kappa shape index (κ1) is 20.7. The Morgan fingerprint density at radius 3 is 2.20 bits per heavy atom. The Kier molecular flexibility index (Phi) is 6.78. The smallest absolute Gasteiger partial charge is 0.354 e. The molecular weight excluding hydrogens is 322 g/mol. The van der Waals surface area contributed by atoms with E-state index in [-0.39, 0.29) is 17.9 Å². The second-order valence-electron chi connectivity index (χ2n) is 6.42. The van der Waals surface area contributed by atoms with Gasteiger partial charge in [0.05, 0.1) is 13.2 Å². The van der Waals surface area contributed by atoms with Gasteiger partial charge in [-0.1, -0.05) is 0 Å². The Labute approximate surface area is 149 Å². The van der Waals surface area contributed by atoms with Crippen molar-refractivity contribution < 1.29 is 19.1 Å². The Hall–Kier alpha value is -2.31. The molecule has 1 N–H and O–H groups in total. The van der Waals surface area contributed by atoms with Gasteiger partial charge in [0, 0.05) is 30.9 Å². The van der Waals surface area contributed by atoms with Crippen LogP contribution in [-0.4, -0.2) is 53.0 Å². The number of hydrogen-bond donors (Lipinski definition) is 1. The van der Waals surface area contributed by atoms with Crippen molar-refractivity contribution in [2.24, 2.45) is 7.05 Å². The Morgan fingerprint density at radius 2 is 1.76 bits per heavy atom. The number of esters is 1. The number of nitrogens with zero attached hydrogens (tertiary/aromatic N) is 2. The van der Waals surface area contributed by atoms with Crippen LogP contribution < -0.4 is 5.32 Å². The van der Waals surface area contributed by atoms with Crippen molar-refractivity contribution in [3.8, 4) is 0 Å². The Bertz CT molecular complexity index is 676. The highest BCUT2D eigenvalue weighted by Gasteiger charge is 2.31. The van der Waals surface area contributed by atoms with Gasteiger partial charge in [0.25, 0.3) is 0 Å². The third-order valence-corrected chi connectivity index (χ3v) is 4.42. The lowest BCUT2D eigenvalue weighted by Gasteiger charge is -2.28. The van der Waals surface area contributed by atoms with Crippen LogP contribution in [0.25, 0.3) is 0 Å². The zero-order chi connectivity index (χ0) is 19.5. The number of Topliss-reactive ketones (excluding diaryl/α,β-unsaturated/α-hetero) is 1. The number of amides is 2. The van der Waals surface area contributed by atoms with Crippen molar-refractivity contribution in [1.29, 1.82) is 0 Å². The zero-order valence-corrected chi connectivity index (χ0v) is 16.4. The molecule has 0 aliphatic carbocycles. The van der Waals surface area contributed by atoms with Gasteiger partial charge >= 0.3 is 12.0 Å². The fourth-order valence-corrected chi connectivity index (χ4v) is 3.00. The van der Waals surface area contributed by atoms with E-state index >= 15 is 0 Å². The van der Waals surface area contributed by atoms with Gasteiger partial charge in [0.1, 0.15) is 5.69 Å². The predicted molar refractivity (Wildman–Crippen MR) is 96.1 cm³/mol. The Balaban J connectivity index is 3.26. The molecule has 0 radical (unpaired) electrons. The molecule has 2 amide bonds. The molecule has 0 bridgehead atoms. The number of ether oxygens (including phenoxy) is 1. The maximum absolute atomic E-state index is 13.1. The zero-order valence-electron chi connectivity index (χ0n) is 16.4. The standard InChI is InChI=1S/C18H29N3O4/c1-9-21(18(24)19-10(2)3)13(6)16(22)14-11(4)15(17(23)25-8)20(7)12(14)5/h10,13H,9H2,1-8H3,(H,19,24). The van der Waals surface area contributed by atoms with Crippen molar-refractivity contribution in [3.05, 3.63) is 22.5 Å². The molecule has 1 unspecified atom stereocenters. The van der Waals surface area contributed by atoms with E-state index in [0.717, 1.165) is 0 Å². The van der Waals surface area contributed by atoms with Gasteiger partial charge < -0.3 is 19.5 Å². The SMILES string of the molecule is CCN(C(=O)NC(C)C)C(C)C(=O)c1c(C)c(C(=O)OC)n(C)c1C. The second-order valence-corrected chi connectivity index (χ2v) is 6.42. The van der Waals surface area contributed by atoms with Crippen LogP contribution in [0.15, 0.2) is 0 Å². The summed E-state index contributed by atoms with van der Waals surface area (Å²) in [6.45, 7) is 11.2. The highest BCUT2D eigenvalue weighted by atomic mass is 16.5. The minimum absolute atomic E-state index is 0.0185. The summed E-state index contributed by atoms with van der Waals surface area (Å²) in [6, 6.07) is -0.943. The van der Waals surface area contributed by atoms with E-state index in [2.05, 4.69) is 5.32 Å². The summed E-state index contributed by atoms with van der Waals surface area (Å²) < 4.78 is 6.47. The van der Waals surface area contributed by atoms with E-state index in [1.54, 1.807) is 32.4 Å². The van der Waals surface area contributed by atoms with Crippen LogP contribution in [0.2, 0.25) is 0 Å². The fourth-order valence-electron chi connectivity index (χ4n) is 3.00. The van der Waals surface area contributed by atoms with E-state index in [0.29, 0.717) is 29.1 Å². The maximum Gasteiger partial charge on any atom is 0.354 e. The average molecular weight is 351 g/mol. The van der Waals surface area contributed by atoms with Crippen LogP contribution >= 0.6 is 0 Å². The summed E-state index contributed by atoms with van der Waals surface area (Å²) in [6.07, 6.45) is 0. The number of carbonyl (C=O) groups excluding carboxylic acids is 3. The molecule has 0 aromatic carbocycles. The molecule has 7 nitrogen and oxygen atoms in total. The predicted octanol–water partition coefficient (Wildman–Crippen LogP) is 2.44. The first-order valence-corrected chi connectivity index (χ1v) is 8.43. The summed E-state index contributed by atoms with van der Waals surface area (Å²) in [5.74, 6) is -0.679. The molecule has 0 saturated carbocycles. The lowest BCUT2D eigenvalue weighted by Crippen LogP contribution is -2.49. The van der Waals surface area contributed by atoms with Crippen molar-refractivity contribution in [2.45, 2.75) is 53.6 Å². The van der Waals surface area contributed by atoms with Gasteiger partial charge in [-0.2, -0.15) is 0 Å². The fraction of sp³-hybridized carbons (Fsp3) is 0.611. The molecule has 0 fully saturated rings. The second kappa shape index (κ2) is 8.18.